The fourth-order valence-electron chi connectivity index (χ4n) is 3.48. The molecule has 0 radical (unpaired) electrons. The van der Waals surface area contributed by atoms with Crippen LogP contribution in [0, 0.1) is 5.41 Å². The van der Waals surface area contributed by atoms with Crippen LogP contribution in [0.5, 0.6) is 0 Å². The van der Waals surface area contributed by atoms with E-state index in [1.807, 2.05) is 48.5 Å². The van der Waals surface area contributed by atoms with E-state index in [1.165, 1.54) is 0 Å². The number of thioether (sulfide) groups is 1. The largest absolute Gasteiger partial charge is 0.481 e. The number of aromatic amines is 1. The van der Waals surface area contributed by atoms with Gasteiger partial charge in [0.2, 0.25) is 0 Å². The van der Waals surface area contributed by atoms with E-state index in [2.05, 4.69) is 9.97 Å². The van der Waals surface area contributed by atoms with Crippen LogP contribution in [0.3, 0.4) is 0 Å². The van der Waals surface area contributed by atoms with Crippen LogP contribution in [0.1, 0.15) is 29.3 Å². The van der Waals surface area contributed by atoms with Gasteiger partial charge in [-0.1, -0.05) is 42.1 Å². The summed E-state index contributed by atoms with van der Waals surface area (Å²) in [6.07, 6.45) is 0.476. The molecule has 1 amide bonds. The number of carboxylic acids is 1. The van der Waals surface area contributed by atoms with Crippen molar-refractivity contribution < 1.29 is 14.7 Å². The lowest BCUT2D eigenvalue weighted by molar-refractivity contribution is -0.147. The lowest BCUT2D eigenvalue weighted by Gasteiger charge is -2.21. The lowest BCUT2D eigenvalue weighted by atomic mass is 9.90. The van der Waals surface area contributed by atoms with Gasteiger partial charge in [-0.2, -0.15) is 0 Å². The SMILES string of the molecule is CC1(C(=O)O)CCN(C(=O)c2ccccc2CSc2nc3ccccc3[nH]2)C1. The molecule has 2 aromatic carbocycles. The molecule has 1 atom stereocenters. The second-order valence-electron chi connectivity index (χ2n) is 7.35. The van der Waals surface area contributed by atoms with E-state index in [-0.39, 0.29) is 12.5 Å². The Morgan fingerprint density at radius 3 is 2.71 bits per heavy atom. The first kappa shape index (κ1) is 18.6. The minimum absolute atomic E-state index is 0.106. The van der Waals surface area contributed by atoms with E-state index in [0.29, 0.717) is 24.3 Å². The molecular weight excluding hydrogens is 374 g/mol. The maximum absolute atomic E-state index is 13.0. The number of nitrogens with zero attached hydrogens (tertiary/aromatic N) is 2. The van der Waals surface area contributed by atoms with Gasteiger partial charge in [0.05, 0.1) is 16.4 Å². The number of aliphatic carboxylic acids is 1. The maximum atomic E-state index is 13.0. The monoisotopic (exact) mass is 395 g/mol. The standard InChI is InChI=1S/C21H21N3O3S/c1-21(19(26)27)10-11-24(13-21)18(25)15-7-3-2-6-14(15)12-28-20-22-16-8-4-5-9-17(16)23-20/h2-9H,10-13H2,1H3,(H,22,23)(H,26,27). The van der Waals surface area contributed by atoms with Crippen LogP contribution in [0.4, 0.5) is 0 Å². The molecule has 1 unspecified atom stereocenters. The molecule has 2 heterocycles. The Hall–Kier alpha value is -2.80. The van der Waals surface area contributed by atoms with E-state index < -0.39 is 11.4 Å². The van der Waals surface area contributed by atoms with Crippen LogP contribution in [-0.4, -0.2) is 44.9 Å². The van der Waals surface area contributed by atoms with E-state index in [1.54, 1.807) is 23.6 Å². The van der Waals surface area contributed by atoms with Crippen molar-refractivity contribution in [3.8, 4) is 0 Å². The third-order valence-corrected chi connectivity index (χ3v) is 6.18. The van der Waals surface area contributed by atoms with Gasteiger partial charge >= 0.3 is 5.97 Å². The van der Waals surface area contributed by atoms with Gasteiger partial charge in [-0.25, -0.2) is 4.98 Å². The third-order valence-electron chi connectivity index (χ3n) is 5.26. The molecule has 4 rings (SSSR count). The number of carbonyl (C=O) groups is 2. The van der Waals surface area contributed by atoms with Crippen molar-refractivity contribution in [2.75, 3.05) is 13.1 Å². The van der Waals surface area contributed by atoms with E-state index in [4.69, 9.17) is 0 Å². The summed E-state index contributed by atoms with van der Waals surface area (Å²) in [6.45, 7) is 2.41. The molecule has 2 N–H and O–H groups in total. The number of para-hydroxylation sites is 2. The summed E-state index contributed by atoms with van der Waals surface area (Å²) in [6, 6.07) is 15.4. The molecule has 144 valence electrons. The van der Waals surface area contributed by atoms with Gasteiger partial charge in [-0.15, -0.1) is 0 Å². The first-order valence-electron chi connectivity index (χ1n) is 9.14. The zero-order valence-electron chi connectivity index (χ0n) is 15.5. The van der Waals surface area contributed by atoms with Gasteiger partial charge in [0, 0.05) is 24.4 Å². The van der Waals surface area contributed by atoms with Crippen molar-refractivity contribution in [2.24, 2.45) is 5.41 Å². The summed E-state index contributed by atoms with van der Waals surface area (Å²) in [5.41, 5.74) is 2.58. The molecule has 1 fully saturated rings. The number of benzene rings is 2. The van der Waals surface area contributed by atoms with Crippen LogP contribution < -0.4 is 0 Å². The molecule has 1 saturated heterocycles. The van der Waals surface area contributed by atoms with Gasteiger partial charge < -0.3 is 15.0 Å². The molecule has 1 aliphatic rings. The summed E-state index contributed by atoms with van der Waals surface area (Å²) in [4.78, 5) is 34.0. The minimum Gasteiger partial charge on any atom is -0.481 e. The number of amides is 1. The molecule has 6 nitrogen and oxygen atoms in total. The molecule has 28 heavy (non-hydrogen) atoms. The Labute approximate surface area is 167 Å². The number of carbonyl (C=O) groups excluding carboxylic acids is 1. The molecule has 1 aromatic heterocycles. The zero-order valence-corrected chi connectivity index (χ0v) is 16.3. The normalized spacial score (nSPS) is 19.2. The first-order chi connectivity index (χ1) is 13.5. The van der Waals surface area contributed by atoms with E-state index in [9.17, 15) is 14.7 Å². The van der Waals surface area contributed by atoms with Gasteiger partial charge in [0.1, 0.15) is 0 Å². The van der Waals surface area contributed by atoms with Gasteiger partial charge in [0.25, 0.3) is 5.91 Å². The molecule has 7 heteroatoms. The number of hydrogen-bond donors (Lipinski definition) is 2. The maximum Gasteiger partial charge on any atom is 0.311 e. The van der Waals surface area contributed by atoms with Crippen LogP contribution in [0.25, 0.3) is 11.0 Å². The minimum atomic E-state index is -0.867. The Balaban J connectivity index is 1.50. The molecular formula is C21H21N3O3S. The number of fused-ring (bicyclic) bond motifs is 1. The van der Waals surface area contributed by atoms with Crippen molar-refractivity contribution in [3.05, 3.63) is 59.7 Å². The van der Waals surface area contributed by atoms with Crippen LogP contribution in [-0.2, 0) is 10.5 Å². The number of rotatable bonds is 5. The third kappa shape index (κ3) is 3.49. The second kappa shape index (κ2) is 7.31. The lowest BCUT2D eigenvalue weighted by Crippen LogP contribution is -2.35. The second-order valence-corrected chi connectivity index (χ2v) is 8.31. The zero-order chi connectivity index (χ0) is 19.7. The molecule has 0 spiro atoms. The molecule has 1 aliphatic heterocycles. The fourth-order valence-corrected chi connectivity index (χ4v) is 4.37. The summed E-state index contributed by atoms with van der Waals surface area (Å²) < 4.78 is 0. The van der Waals surface area contributed by atoms with Crippen molar-refractivity contribution in [1.29, 1.82) is 0 Å². The first-order valence-corrected chi connectivity index (χ1v) is 10.1. The number of hydrogen-bond acceptors (Lipinski definition) is 4. The highest BCUT2D eigenvalue weighted by Gasteiger charge is 2.42. The molecule has 0 saturated carbocycles. The molecule has 0 aliphatic carbocycles. The summed E-state index contributed by atoms with van der Waals surface area (Å²) in [5, 5.41) is 10.2. The smallest absolute Gasteiger partial charge is 0.311 e. The molecule has 0 bridgehead atoms. The van der Waals surface area contributed by atoms with Crippen LogP contribution in [0.2, 0.25) is 0 Å². The Bertz CT molecular complexity index is 1020. The quantitative estimate of drug-likeness (QED) is 0.642. The predicted molar refractivity (Wildman–Crippen MR) is 108 cm³/mol. The van der Waals surface area contributed by atoms with Crippen LogP contribution >= 0.6 is 11.8 Å². The van der Waals surface area contributed by atoms with Crippen LogP contribution in [0.15, 0.2) is 53.7 Å². The summed E-state index contributed by atoms with van der Waals surface area (Å²) >= 11 is 1.55. The van der Waals surface area contributed by atoms with Crippen molar-refractivity contribution >= 4 is 34.7 Å². The van der Waals surface area contributed by atoms with E-state index >= 15 is 0 Å². The van der Waals surface area contributed by atoms with Crippen molar-refractivity contribution in [1.82, 2.24) is 14.9 Å². The number of likely N-dealkylation sites (tertiary alicyclic amines) is 1. The predicted octanol–water partition coefficient (Wildman–Crippen LogP) is 3.79. The number of H-pyrrole nitrogens is 1. The van der Waals surface area contributed by atoms with Gasteiger partial charge in [-0.3, -0.25) is 9.59 Å². The van der Waals surface area contributed by atoms with E-state index in [0.717, 1.165) is 21.8 Å². The Kier molecular flexibility index (Phi) is 4.85. The number of nitrogens with one attached hydrogen (secondary N) is 1. The number of carboxylic acid groups (broad SMARTS) is 1. The topological polar surface area (TPSA) is 86.3 Å². The summed E-state index contributed by atoms with van der Waals surface area (Å²) in [7, 11) is 0. The average molecular weight is 395 g/mol. The highest BCUT2D eigenvalue weighted by Crippen LogP contribution is 2.32. The fraction of sp³-hybridized carbons (Fsp3) is 0.286. The number of aromatic nitrogens is 2. The average Bonchev–Trinajstić information content (AvgIpc) is 3.30. The van der Waals surface area contributed by atoms with Gasteiger partial charge in [-0.05, 0) is 37.1 Å². The molecule has 3 aromatic rings. The Morgan fingerprint density at radius 1 is 1.21 bits per heavy atom. The number of imidazole rings is 1. The van der Waals surface area contributed by atoms with Gasteiger partial charge in [0.15, 0.2) is 5.16 Å². The Morgan fingerprint density at radius 2 is 1.96 bits per heavy atom. The van der Waals surface area contributed by atoms with Crippen molar-refractivity contribution in [2.45, 2.75) is 24.3 Å². The highest BCUT2D eigenvalue weighted by atomic mass is 32.2. The van der Waals surface area contributed by atoms with Crippen molar-refractivity contribution in [3.63, 3.8) is 0 Å². The summed E-state index contributed by atoms with van der Waals surface area (Å²) in [5.74, 6) is -0.353. The highest BCUT2D eigenvalue weighted by molar-refractivity contribution is 7.98.